The number of carbonyl (C=O) groups is 1. The van der Waals surface area contributed by atoms with E-state index in [0.29, 0.717) is 0 Å². The molecule has 2 rings (SSSR count). The van der Waals surface area contributed by atoms with E-state index in [4.69, 9.17) is 4.74 Å². The second-order valence-corrected chi connectivity index (χ2v) is 5.18. The summed E-state index contributed by atoms with van der Waals surface area (Å²) in [5, 5.41) is 0. The van der Waals surface area contributed by atoms with Gasteiger partial charge in [0.15, 0.2) is 6.61 Å². The van der Waals surface area contributed by atoms with Gasteiger partial charge in [0.2, 0.25) is 0 Å². The number of piperazine rings is 1. The summed E-state index contributed by atoms with van der Waals surface area (Å²) in [4.78, 5) is 16.4. The lowest BCUT2D eigenvalue weighted by Crippen LogP contribution is -2.50. The van der Waals surface area contributed by atoms with E-state index in [9.17, 15) is 4.79 Å². The van der Waals surface area contributed by atoms with Gasteiger partial charge in [-0.2, -0.15) is 0 Å². The number of ether oxygens (including phenoxy) is 1. The maximum atomic E-state index is 12.1. The normalized spacial score (nSPS) is 16.1. The standard InChI is InChI=1S/C16H24N2O2/c1-2-3-9-17-10-12-18(13-11-17)16(19)14-20-15-7-5-4-6-8-15/h4-8H,2-3,9-14H2,1H3. The maximum absolute atomic E-state index is 12.1. The predicted octanol–water partition coefficient (Wildman–Crippen LogP) is 2.01. The molecule has 0 aromatic heterocycles. The summed E-state index contributed by atoms with van der Waals surface area (Å²) in [7, 11) is 0. The van der Waals surface area contributed by atoms with E-state index in [2.05, 4.69) is 11.8 Å². The van der Waals surface area contributed by atoms with Crippen molar-refractivity contribution in [2.75, 3.05) is 39.3 Å². The van der Waals surface area contributed by atoms with Crippen molar-refractivity contribution in [2.24, 2.45) is 0 Å². The van der Waals surface area contributed by atoms with E-state index in [1.165, 1.54) is 12.8 Å². The molecule has 1 aromatic rings. The fourth-order valence-electron chi connectivity index (χ4n) is 2.36. The SMILES string of the molecule is CCCCN1CCN(C(=O)COc2ccccc2)CC1. The van der Waals surface area contributed by atoms with E-state index in [1.54, 1.807) is 0 Å². The van der Waals surface area contributed by atoms with Crippen molar-refractivity contribution in [3.05, 3.63) is 30.3 Å². The van der Waals surface area contributed by atoms with Crippen LogP contribution in [0.5, 0.6) is 5.75 Å². The number of rotatable bonds is 6. The van der Waals surface area contributed by atoms with Crippen LogP contribution in [0.1, 0.15) is 19.8 Å². The Kier molecular flexibility index (Phi) is 5.87. The molecule has 4 heteroatoms. The highest BCUT2D eigenvalue weighted by Gasteiger charge is 2.20. The fraction of sp³-hybridized carbons (Fsp3) is 0.562. The zero-order valence-electron chi connectivity index (χ0n) is 12.3. The van der Waals surface area contributed by atoms with Gasteiger partial charge in [-0.1, -0.05) is 31.5 Å². The Hall–Kier alpha value is -1.55. The van der Waals surface area contributed by atoms with E-state index in [0.717, 1.165) is 38.5 Å². The molecule has 0 N–H and O–H groups in total. The van der Waals surface area contributed by atoms with Gasteiger partial charge >= 0.3 is 0 Å². The first-order valence-corrected chi connectivity index (χ1v) is 7.47. The topological polar surface area (TPSA) is 32.8 Å². The highest BCUT2D eigenvalue weighted by molar-refractivity contribution is 5.77. The summed E-state index contributed by atoms with van der Waals surface area (Å²) < 4.78 is 5.51. The molecule has 1 aliphatic rings. The van der Waals surface area contributed by atoms with Crippen LogP contribution in [0.2, 0.25) is 0 Å². The van der Waals surface area contributed by atoms with Crippen molar-refractivity contribution in [3.63, 3.8) is 0 Å². The number of hydrogen-bond donors (Lipinski definition) is 0. The van der Waals surface area contributed by atoms with Crippen molar-refractivity contribution < 1.29 is 9.53 Å². The fourth-order valence-corrected chi connectivity index (χ4v) is 2.36. The Morgan fingerprint density at radius 3 is 2.50 bits per heavy atom. The molecule has 0 aliphatic carbocycles. The average molecular weight is 276 g/mol. The first-order valence-electron chi connectivity index (χ1n) is 7.47. The van der Waals surface area contributed by atoms with Crippen LogP contribution < -0.4 is 4.74 Å². The van der Waals surface area contributed by atoms with Gasteiger partial charge in [-0.05, 0) is 25.1 Å². The molecular weight excluding hydrogens is 252 g/mol. The molecule has 1 heterocycles. The molecule has 0 radical (unpaired) electrons. The molecule has 110 valence electrons. The first kappa shape index (κ1) is 14.9. The summed E-state index contributed by atoms with van der Waals surface area (Å²) in [6, 6.07) is 9.49. The Balaban J connectivity index is 1.69. The predicted molar refractivity (Wildman–Crippen MR) is 79.9 cm³/mol. The quantitative estimate of drug-likeness (QED) is 0.797. The molecule has 0 spiro atoms. The lowest BCUT2D eigenvalue weighted by atomic mass is 10.2. The molecule has 1 saturated heterocycles. The average Bonchev–Trinajstić information content (AvgIpc) is 2.52. The molecule has 0 bridgehead atoms. The van der Waals surface area contributed by atoms with Gasteiger partial charge in [0.05, 0.1) is 0 Å². The molecule has 1 aliphatic heterocycles. The van der Waals surface area contributed by atoms with Gasteiger partial charge in [0.25, 0.3) is 5.91 Å². The van der Waals surface area contributed by atoms with E-state index in [-0.39, 0.29) is 12.5 Å². The van der Waals surface area contributed by atoms with Crippen LogP contribution in [0.3, 0.4) is 0 Å². The third-order valence-electron chi connectivity index (χ3n) is 3.66. The lowest BCUT2D eigenvalue weighted by Gasteiger charge is -2.34. The molecule has 0 saturated carbocycles. The molecular formula is C16H24N2O2. The maximum Gasteiger partial charge on any atom is 0.260 e. The molecule has 20 heavy (non-hydrogen) atoms. The van der Waals surface area contributed by atoms with E-state index >= 15 is 0 Å². The summed E-state index contributed by atoms with van der Waals surface area (Å²) in [6.45, 7) is 7.11. The lowest BCUT2D eigenvalue weighted by molar-refractivity contribution is -0.135. The first-order chi connectivity index (χ1) is 9.79. The number of benzene rings is 1. The minimum atomic E-state index is 0.0870. The van der Waals surface area contributed by atoms with Gasteiger partial charge in [0.1, 0.15) is 5.75 Å². The van der Waals surface area contributed by atoms with Crippen molar-refractivity contribution in [1.82, 2.24) is 9.80 Å². The number of unbranched alkanes of at least 4 members (excludes halogenated alkanes) is 1. The number of carbonyl (C=O) groups excluding carboxylic acids is 1. The van der Waals surface area contributed by atoms with Crippen LogP contribution >= 0.6 is 0 Å². The summed E-state index contributed by atoms with van der Waals surface area (Å²) in [5.74, 6) is 0.839. The monoisotopic (exact) mass is 276 g/mol. The Labute approximate surface area is 121 Å². The van der Waals surface area contributed by atoms with Crippen LogP contribution in [0.4, 0.5) is 0 Å². The number of para-hydroxylation sites is 1. The summed E-state index contributed by atoms with van der Waals surface area (Å²) in [5.41, 5.74) is 0. The van der Waals surface area contributed by atoms with Crippen LogP contribution in [0, 0.1) is 0 Å². The van der Waals surface area contributed by atoms with Gasteiger partial charge in [0, 0.05) is 26.2 Å². The second kappa shape index (κ2) is 7.90. The zero-order valence-corrected chi connectivity index (χ0v) is 12.3. The third kappa shape index (κ3) is 4.53. The van der Waals surface area contributed by atoms with Gasteiger partial charge in [-0.25, -0.2) is 0 Å². The smallest absolute Gasteiger partial charge is 0.260 e. The Bertz CT molecular complexity index is 400. The highest BCUT2D eigenvalue weighted by Crippen LogP contribution is 2.09. The zero-order chi connectivity index (χ0) is 14.2. The minimum absolute atomic E-state index is 0.0870. The molecule has 1 amide bonds. The Morgan fingerprint density at radius 2 is 1.85 bits per heavy atom. The van der Waals surface area contributed by atoms with Crippen molar-refractivity contribution in [2.45, 2.75) is 19.8 Å². The number of amides is 1. The molecule has 0 atom stereocenters. The van der Waals surface area contributed by atoms with Crippen LogP contribution in [0.15, 0.2) is 30.3 Å². The molecule has 4 nitrogen and oxygen atoms in total. The number of nitrogens with zero attached hydrogens (tertiary/aromatic N) is 2. The van der Waals surface area contributed by atoms with Gasteiger partial charge in [-0.3, -0.25) is 9.69 Å². The van der Waals surface area contributed by atoms with E-state index < -0.39 is 0 Å². The largest absolute Gasteiger partial charge is 0.484 e. The Morgan fingerprint density at radius 1 is 1.15 bits per heavy atom. The summed E-state index contributed by atoms with van der Waals surface area (Å²) in [6.07, 6.45) is 2.47. The second-order valence-electron chi connectivity index (χ2n) is 5.18. The summed E-state index contributed by atoms with van der Waals surface area (Å²) >= 11 is 0. The molecule has 0 unspecified atom stereocenters. The molecule has 1 fully saturated rings. The highest BCUT2D eigenvalue weighted by atomic mass is 16.5. The van der Waals surface area contributed by atoms with Crippen molar-refractivity contribution in [1.29, 1.82) is 0 Å². The van der Waals surface area contributed by atoms with Crippen LogP contribution in [0.25, 0.3) is 0 Å². The van der Waals surface area contributed by atoms with Crippen LogP contribution in [-0.2, 0) is 4.79 Å². The van der Waals surface area contributed by atoms with Gasteiger partial charge < -0.3 is 9.64 Å². The van der Waals surface area contributed by atoms with Crippen LogP contribution in [-0.4, -0.2) is 55.0 Å². The van der Waals surface area contributed by atoms with Crippen molar-refractivity contribution in [3.8, 4) is 5.75 Å². The molecule has 1 aromatic carbocycles. The van der Waals surface area contributed by atoms with Gasteiger partial charge in [-0.15, -0.1) is 0 Å². The minimum Gasteiger partial charge on any atom is -0.484 e. The van der Waals surface area contributed by atoms with Crippen molar-refractivity contribution >= 4 is 5.91 Å². The third-order valence-corrected chi connectivity index (χ3v) is 3.66. The number of hydrogen-bond acceptors (Lipinski definition) is 3. The van der Waals surface area contributed by atoms with E-state index in [1.807, 2.05) is 35.2 Å².